The average molecular weight is 663 g/mol. The normalized spacial score (nSPS) is 13.1. The van der Waals surface area contributed by atoms with E-state index in [4.69, 9.17) is 19.9 Å². The van der Waals surface area contributed by atoms with E-state index in [0.29, 0.717) is 23.6 Å². The Morgan fingerprint density at radius 1 is 0.714 bits per heavy atom. The molecule has 4 heterocycles. The van der Waals surface area contributed by atoms with Gasteiger partial charge in [0.05, 0.1) is 36.9 Å². The van der Waals surface area contributed by atoms with Crippen LogP contribution < -0.4 is 11.1 Å². The molecule has 2 aliphatic carbocycles. The van der Waals surface area contributed by atoms with E-state index in [0.717, 1.165) is 86.1 Å². The van der Waals surface area contributed by atoms with Crippen molar-refractivity contribution in [3.63, 3.8) is 0 Å². The van der Waals surface area contributed by atoms with Crippen LogP contribution in [0.15, 0.2) is 94.5 Å². The lowest BCUT2D eigenvalue weighted by molar-refractivity contribution is 0.0684. The Hall–Kier alpha value is -5.98. The number of carboxylic acid groups (broad SMARTS) is 1. The molecule has 1 amide bonds. The van der Waals surface area contributed by atoms with Gasteiger partial charge in [-0.1, -0.05) is 71.0 Å². The van der Waals surface area contributed by atoms with E-state index in [1.807, 2.05) is 65.6 Å². The third kappa shape index (κ3) is 8.69. The molecule has 0 spiro atoms. The Kier molecular flexibility index (Phi) is 10.6. The van der Waals surface area contributed by atoms with Crippen molar-refractivity contribution in [3.8, 4) is 0 Å². The molecule has 4 aromatic heterocycles. The van der Waals surface area contributed by atoms with Gasteiger partial charge < -0.3 is 25.2 Å². The van der Waals surface area contributed by atoms with Crippen LogP contribution >= 0.6 is 0 Å². The van der Waals surface area contributed by atoms with Gasteiger partial charge in [-0.3, -0.25) is 14.2 Å². The van der Waals surface area contributed by atoms with E-state index < -0.39 is 5.97 Å². The van der Waals surface area contributed by atoms with E-state index in [2.05, 4.69) is 38.0 Å². The standard InChI is InChI=1S/C18H18N4O2.C10H11N3.C8H9NO3/c23-18(17-15-8-4-5-9-16(15)24-21-17)20-14-10-19-22(12-14)11-13-6-2-1-3-7-13;11-10-6-12-13(8-10)7-9-4-2-1-3-5-9;10-8(11)7-5-3-1-2-4-6(5)12-9-7/h1-3,6-7,10,12H,4-5,8-9,11H2,(H,20,23);1-6,8H,7,11H2;1-4H2,(H,10,11). The van der Waals surface area contributed by atoms with Crippen molar-refractivity contribution >= 4 is 23.3 Å². The summed E-state index contributed by atoms with van der Waals surface area (Å²) >= 11 is 0. The van der Waals surface area contributed by atoms with Crippen molar-refractivity contribution in [2.45, 2.75) is 64.5 Å². The number of nitrogens with one attached hydrogen (secondary N) is 1. The molecule has 0 bridgehead atoms. The molecule has 0 aliphatic heterocycles. The van der Waals surface area contributed by atoms with Gasteiger partial charge in [-0.25, -0.2) is 4.79 Å². The number of carboxylic acids is 1. The Morgan fingerprint density at radius 3 is 1.78 bits per heavy atom. The number of rotatable bonds is 7. The molecule has 0 saturated heterocycles. The van der Waals surface area contributed by atoms with Crippen molar-refractivity contribution in [2.75, 3.05) is 11.1 Å². The summed E-state index contributed by atoms with van der Waals surface area (Å²) in [5.74, 6) is 0.396. The second-order valence-corrected chi connectivity index (χ2v) is 11.9. The minimum Gasteiger partial charge on any atom is -0.476 e. The van der Waals surface area contributed by atoms with E-state index in [-0.39, 0.29) is 11.6 Å². The van der Waals surface area contributed by atoms with Crippen molar-refractivity contribution in [1.29, 1.82) is 0 Å². The van der Waals surface area contributed by atoms with Crippen molar-refractivity contribution in [1.82, 2.24) is 29.9 Å². The summed E-state index contributed by atoms with van der Waals surface area (Å²) in [6.45, 7) is 1.44. The van der Waals surface area contributed by atoms with Gasteiger partial charge in [0.15, 0.2) is 11.4 Å². The van der Waals surface area contributed by atoms with E-state index in [1.165, 1.54) is 5.56 Å². The number of aromatic nitrogens is 6. The number of fused-ring (bicyclic) bond motifs is 2. The maximum atomic E-state index is 12.4. The van der Waals surface area contributed by atoms with Crippen molar-refractivity contribution in [2.24, 2.45) is 0 Å². The monoisotopic (exact) mass is 662 g/mol. The zero-order chi connectivity index (χ0) is 34.0. The molecule has 6 aromatic rings. The van der Waals surface area contributed by atoms with Gasteiger partial charge >= 0.3 is 5.97 Å². The van der Waals surface area contributed by atoms with Gasteiger partial charge in [0.2, 0.25) is 0 Å². The predicted molar refractivity (Wildman–Crippen MR) is 181 cm³/mol. The van der Waals surface area contributed by atoms with Crippen LogP contribution in [0.2, 0.25) is 0 Å². The maximum Gasteiger partial charge on any atom is 0.358 e. The van der Waals surface area contributed by atoms with Crippen LogP contribution in [-0.4, -0.2) is 46.9 Å². The Labute approximate surface area is 282 Å². The summed E-state index contributed by atoms with van der Waals surface area (Å²) in [4.78, 5) is 23.1. The van der Waals surface area contributed by atoms with Gasteiger partial charge in [0.1, 0.15) is 11.5 Å². The second-order valence-electron chi connectivity index (χ2n) is 11.9. The molecule has 0 unspecified atom stereocenters. The number of nitrogens with zero attached hydrogens (tertiary/aromatic N) is 6. The number of hydrogen-bond acceptors (Lipinski definition) is 9. The Bertz CT molecular complexity index is 1980. The number of aromatic carboxylic acids is 1. The Morgan fingerprint density at radius 2 is 1.22 bits per heavy atom. The molecule has 4 N–H and O–H groups in total. The fourth-order valence-corrected chi connectivity index (χ4v) is 5.83. The highest BCUT2D eigenvalue weighted by atomic mass is 16.5. The molecule has 0 atom stereocenters. The third-order valence-electron chi connectivity index (χ3n) is 8.24. The van der Waals surface area contributed by atoms with E-state index in [9.17, 15) is 9.59 Å². The number of carbonyl (C=O) groups excluding carboxylic acids is 1. The minimum absolute atomic E-state index is 0.102. The van der Waals surface area contributed by atoms with Gasteiger partial charge in [-0.05, 0) is 49.7 Å². The van der Waals surface area contributed by atoms with Crippen LogP contribution in [-0.2, 0) is 38.8 Å². The highest BCUT2D eigenvalue weighted by Crippen LogP contribution is 2.25. The van der Waals surface area contributed by atoms with Crippen LogP contribution in [0.25, 0.3) is 0 Å². The van der Waals surface area contributed by atoms with Crippen LogP contribution in [0.4, 0.5) is 11.4 Å². The predicted octanol–water partition coefficient (Wildman–Crippen LogP) is 5.82. The molecule has 252 valence electrons. The highest BCUT2D eigenvalue weighted by molar-refractivity contribution is 6.03. The minimum atomic E-state index is -0.984. The first-order valence-electron chi connectivity index (χ1n) is 16.3. The van der Waals surface area contributed by atoms with Gasteiger partial charge in [0, 0.05) is 36.4 Å². The number of carbonyl (C=O) groups is 2. The number of aryl methyl sites for hydroxylation is 2. The SMILES string of the molecule is Nc1cnn(Cc2ccccc2)c1.O=C(Nc1cnn(Cc2ccccc2)c1)c1noc2c1CCCC2.O=C(O)c1noc2c1CCCC2. The molecule has 13 nitrogen and oxygen atoms in total. The third-order valence-corrected chi connectivity index (χ3v) is 8.24. The molecular weight excluding hydrogens is 624 g/mol. The number of benzene rings is 2. The zero-order valence-corrected chi connectivity index (χ0v) is 27.0. The average Bonchev–Trinajstić information content (AvgIpc) is 3.93. The number of anilines is 2. The van der Waals surface area contributed by atoms with Crippen LogP contribution in [0.3, 0.4) is 0 Å². The van der Waals surface area contributed by atoms with Crippen LogP contribution in [0, 0.1) is 0 Å². The highest BCUT2D eigenvalue weighted by Gasteiger charge is 2.25. The fraction of sp³-hybridized carbons (Fsp3) is 0.278. The molecule has 8 rings (SSSR count). The lowest BCUT2D eigenvalue weighted by Crippen LogP contribution is -2.15. The van der Waals surface area contributed by atoms with E-state index in [1.54, 1.807) is 17.1 Å². The summed E-state index contributed by atoms with van der Waals surface area (Å²) in [6.07, 6.45) is 14.6. The largest absolute Gasteiger partial charge is 0.476 e. The fourth-order valence-electron chi connectivity index (χ4n) is 5.83. The smallest absolute Gasteiger partial charge is 0.358 e. The first-order valence-corrected chi connectivity index (χ1v) is 16.3. The Balaban J connectivity index is 0.000000140. The van der Waals surface area contributed by atoms with E-state index >= 15 is 0 Å². The molecular formula is C36H38N8O5. The van der Waals surface area contributed by atoms with Gasteiger partial charge in [-0.15, -0.1) is 0 Å². The number of nitrogen functional groups attached to an aromatic ring is 1. The van der Waals surface area contributed by atoms with Crippen molar-refractivity contribution < 1.29 is 23.7 Å². The first-order chi connectivity index (χ1) is 23.9. The number of hydrogen-bond donors (Lipinski definition) is 3. The molecule has 2 aliphatic rings. The summed E-state index contributed by atoms with van der Waals surface area (Å²) in [6, 6.07) is 20.2. The lowest BCUT2D eigenvalue weighted by atomic mass is 9.96. The first kappa shape index (κ1) is 32.9. The lowest BCUT2D eigenvalue weighted by Gasteiger charge is -2.08. The summed E-state index contributed by atoms with van der Waals surface area (Å²) in [5, 5.41) is 27.4. The van der Waals surface area contributed by atoms with Crippen LogP contribution in [0.5, 0.6) is 0 Å². The quantitative estimate of drug-likeness (QED) is 0.189. The molecule has 49 heavy (non-hydrogen) atoms. The summed E-state index contributed by atoms with van der Waals surface area (Å²) in [7, 11) is 0. The second kappa shape index (κ2) is 15.7. The maximum absolute atomic E-state index is 12.4. The molecule has 2 aromatic carbocycles. The van der Waals surface area contributed by atoms with Crippen LogP contribution in [0.1, 0.15) is 80.4 Å². The molecule has 0 fully saturated rings. The topological polar surface area (TPSA) is 180 Å². The summed E-state index contributed by atoms with van der Waals surface area (Å²) in [5.41, 5.74) is 11.6. The number of nitrogens with two attached hydrogens (primary N) is 1. The van der Waals surface area contributed by atoms with Gasteiger partial charge in [0.25, 0.3) is 5.91 Å². The molecule has 0 saturated carbocycles. The molecule has 13 heteroatoms. The number of amides is 1. The van der Waals surface area contributed by atoms with Gasteiger partial charge in [-0.2, -0.15) is 10.2 Å². The zero-order valence-electron chi connectivity index (χ0n) is 27.0. The molecule has 0 radical (unpaired) electrons. The van der Waals surface area contributed by atoms with Crippen molar-refractivity contribution in [3.05, 3.63) is 131 Å². The summed E-state index contributed by atoms with van der Waals surface area (Å²) < 4.78 is 13.8.